The van der Waals surface area contributed by atoms with Gasteiger partial charge in [-0.2, -0.15) is 0 Å². The maximum absolute atomic E-state index is 13.6. The first-order chi connectivity index (χ1) is 7.99. The van der Waals surface area contributed by atoms with E-state index in [4.69, 9.17) is 0 Å². The van der Waals surface area contributed by atoms with Crippen molar-refractivity contribution in [2.24, 2.45) is 0 Å². The van der Waals surface area contributed by atoms with Crippen molar-refractivity contribution in [3.05, 3.63) is 53.1 Å². The molecule has 88 valence electrons. The first kappa shape index (κ1) is 11.6. The van der Waals surface area contributed by atoms with Crippen molar-refractivity contribution >= 4 is 0 Å². The van der Waals surface area contributed by atoms with Crippen LogP contribution in [0.5, 0.6) is 5.75 Å². The molecule has 0 aliphatic rings. The average Bonchev–Trinajstić information content (AvgIpc) is 2.24. The molecule has 0 unspecified atom stereocenters. The minimum absolute atomic E-state index is 0.175. The van der Waals surface area contributed by atoms with Crippen molar-refractivity contribution in [1.29, 1.82) is 0 Å². The van der Waals surface area contributed by atoms with Crippen LogP contribution in [0.4, 0.5) is 8.78 Å². The Morgan fingerprint density at radius 1 is 0.882 bits per heavy atom. The second kappa shape index (κ2) is 4.17. The number of benzene rings is 2. The molecule has 0 fully saturated rings. The third kappa shape index (κ3) is 2.13. The van der Waals surface area contributed by atoms with Gasteiger partial charge in [0.15, 0.2) is 0 Å². The predicted molar refractivity (Wildman–Crippen MR) is 62.9 cm³/mol. The van der Waals surface area contributed by atoms with E-state index in [0.717, 1.165) is 11.6 Å². The summed E-state index contributed by atoms with van der Waals surface area (Å²) in [5.41, 5.74) is 2.41. The number of phenols is 1. The molecule has 0 aliphatic heterocycles. The number of hydrogen-bond acceptors (Lipinski definition) is 1. The zero-order valence-electron chi connectivity index (χ0n) is 9.59. The quantitative estimate of drug-likeness (QED) is 0.792. The van der Waals surface area contributed by atoms with Gasteiger partial charge >= 0.3 is 0 Å². The second-order valence-corrected chi connectivity index (χ2v) is 4.08. The van der Waals surface area contributed by atoms with Gasteiger partial charge in [0.05, 0.1) is 0 Å². The zero-order valence-corrected chi connectivity index (χ0v) is 9.59. The van der Waals surface area contributed by atoms with E-state index in [9.17, 15) is 13.9 Å². The molecule has 2 aromatic carbocycles. The molecule has 0 aromatic heterocycles. The summed E-state index contributed by atoms with van der Waals surface area (Å²) in [5.74, 6) is -1.02. The zero-order chi connectivity index (χ0) is 12.6. The lowest BCUT2D eigenvalue weighted by atomic mass is 9.97. The van der Waals surface area contributed by atoms with Gasteiger partial charge in [-0.15, -0.1) is 0 Å². The summed E-state index contributed by atoms with van der Waals surface area (Å²) in [6.45, 7) is 3.51. The molecular formula is C14H12F2O. The lowest BCUT2D eigenvalue weighted by molar-refractivity contribution is 0.470. The van der Waals surface area contributed by atoms with Gasteiger partial charge in [0.2, 0.25) is 0 Å². The highest BCUT2D eigenvalue weighted by atomic mass is 19.1. The number of aryl methyl sites for hydroxylation is 2. The van der Waals surface area contributed by atoms with Gasteiger partial charge in [-0.3, -0.25) is 0 Å². The molecule has 2 rings (SSSR count). The Hall–Kier alpha value is -1.90. The van der Waals surface area contributed by atoms with Crippen LogP contribution in [0.3, 0.4) is 0 Å². The molecule has 0 saturated heterocycles. The largest absolute Gasteiger partial charge is 0.508 e. The first-order valence-corrected chi connectivity index (χ1v) is 5.24. The van der Waals surface area contributed by atoms with Gasteiger partial charge in [0.1, 0.15) is 17.4 Å². The highest BCUT2D eigenvalue weighted by molar-refractivity contribution is 5.70. The molecule has 0 spiro atoms. The van der Waals surface area contributed by atoms with E-state index in [1.165, 1.54) is 12.1 Å². The fourth-order valence-corrected chi connectivity index (χ4v) is 1.80. The Morgan fingerprint density at radius 3 is 2.24 bits per heavy atom. The van der Waals surface area contributed by atoms with Crippen LogP contribution in [0.25, 0.3) is 11.1 Å². The van der Waals surface area contributed by atoms with E-state index >= 15 is 0 Å². The fourth-order valence-electron chi connectivity index (χ4n) is 1.80. The third-order valence-corrected chi connectivity index (χ3v) is 2.76. The monoisotopic (exact) mass is 234 g/mol. The van der Waals surface area contributed by atoms with Crippen molar-refractivity contribution in [2.45, 2.75) is 13.8 Å². The summed E-state index contributed by atoms with van der Waals surface area (Å²) in [5, 5.41) is 9.53. The minimum atomic E-state index is -0.599. The summed E-state index contributed by atoms with van der Waals surface area (Å²) in [4.78, 5) is 0. The van der Waals surface area contributed by atoms with Gasteiger partial charge in [-0.25, -0.2) is 8.78 Å². The SMILES string of the molecule is Cc1cc(-c2ccc(F)cc2F)c(C)cc1O. The van der Waals surface area contributed by atoms with E-state index in [1.54, 1.807) is 26.0 Å². The Morgan fingerprint density at radius 2 is 1.59 bits per heavy atom. The fraction of sp³-hybridized carbons (Fsp3) is 0.143. The summed E-state index contributed by atoms with van der Waals surface area (Å²) >= 11 is 0. The van der Waals surface area contributed by atoms with Crippen LogP contribution in [0, 0.1) is 25.5 Å². The van der Waals surface area contributed by atoms with Crippen LogP contribution in [-0.4, -0.2) is 5.11 Å². The van der Waals surface area contributed by atoms with Gasteiger partial charge in [0.25, 0.3) is 0 Å². The topological polar surface area (TPSA) is 20.2 Å². The number of aromatic hydroxyl groups is 1. The molecule has 0 bridgehead atoms. The number of halogens is 2. The lowest BCUT2D eigenvalue weighted by Crippen LogP contribution is -1.90. The molecule has 1 N–H and O–H groups in total. The lowest BCUT2D eigenvalue weighted by Gasteiger charge is -2.10. The molecule has 0 radical (unpaired) electrons. The average molecular weight is 234 g/mol. The Bertz CT molecular complexity index is 577. The molecule has 1 nitrogen and oxygen atoms in total. The summed E-state index contributed by atoms with van der Waals surface area (Å²) in [6, 6.07) is 6.76. The molecule has 2 aromatic rings. The Labute approximate surface area is 98.3 Å². The van der Waals surface area contributed by atoms with Gasteiger partial charge in [-0.1, -0.05) is 0 Å². The van der Waals surface area contributed by atoms with Crippen molar-refractivity contribution in [3.8, 4) is 16.9 Å². The van der Waals surface area contributed by atoms with Crippen molar-refractivity contribution < 1.29 is 13.9 Å². The molecule has 0 aliphatic carbocycles. The van der Waals surface area contributed by atoms with Crippen molar-refractivity contribution in [2.75, 3.05) is 0 Å². The number of hydrogen-bond donors (Lipinski definition) is 1. The summed E-state index contributed by atoms with van der Waals surface area (Å²) in [6.07, 6.45) is 0. The Kier molecular flexibility index (Phi) is 2.84. The van der Waals surface area contributed by atoms with Crippen molar-refractivity contribution in [1.82, 2.24) is 0 Å². The summed E-state index contributed by atoms with van der Waals surface area (Å²) < 4.78 is 26.5. The van der Waals surface area contributed by atoms with Gasteiger partial charge < -0.3 is 5.11 Å². The van der Waals surface area contributed by atoms with Crippen molar-refractivity contribution in [3.63, 3.8) is 0 Å². The summed E-state index contributed by atoms with van der Waals surface area (Å²) in [7, 11) is 0. The predicted octanol–water partition coefficient (Wildman–Crippen LogP) is 3.95. The van der Waals surface area contributed by atoms with Crippen LogP contribution in [0.1, 0.15) is 11.1 Å². The highest BCUT2D eigenvalue weighted by Crippen LogP contribution is 2.31. The molecule has 0 heterocycles. The number of rotatable bonds is 1. The van der Waals surface area contributed by atoms with E-state index in [-0.39, 0.29) is 5.75 Å². The van der Waals surface area contributed by atoms with Crippen LogP contribution >= 0.6 is 0 Å². The molecular weight excluding hydrogens is 222 g/mol. The van der Waals surface area contributed by atoms with Crippen LogP contribution in [-0.2, 0) is 0 Å². The smallest absolute Gasteiger partial charge is 0.133 e. The van der Waals surface area contributed by atoms with Crippen LogP contribution in [0.15, 0.2) is 30.3 Å². The molecule has 17 heavy (non-hydrogen) atoms. The number of phenolic OH excluding ortho intramolecular Hbond substituents is 1. The molecule has 0 atom stereocenters. The minimum Gasteiger partial charge on any atom is -0.508 e. The maximum atomic E-state index is 13.6. The van der Waals surface area contributed by atoms with E-state index in [0.29, 0.717) is 16.7 Å². The van der Waals surface area contributed by atoms with Crippen LogP contribution < -0.4 is 0 Å². The van der Waals surface area contributed by atoms with E-state index < -0.39 is 11.6 Å². The standard InChI is InChI=1S/C14H12F2O/c1-8-6-14(17)9(2)5-12(8)11-4-3-10(15)7-13(11)16/h3-7,17H,1-2H3. The van der Waals surface area contributed by atoms with Crippen LogP contribution in [0.2, 0.25) is 0 Å². The Balaban J connectivity index is 2.64. The molecule has 0 amide bonds. The second-order valence-electron chi connectivity index (χ2n) is 4.08. The first-order valence-electron chi connectivity index (χ1n) is 5.24. The molecule has 0 saturated carbocycles. The normalized spacial score (nSPS) is 10.6. The maximum Gasteiger partial charge on any atom is 0.133 e. The highest BCUT2D eigenvalue weighted by Gasteiger charge is 2.10. The third-order valence-electron chi connectivity index (χ3n) is 2.76. The molecule has 3 heteroatoms. The van der Waals surface area contributed by atoms with Gasteiger partial charge in [-0.05, 0) is 54.8 Å². The van der Waals surface area contributed by atoms with Gasteiger partial charge in [0, 0.05) is 11.6 Å². The van der Waals surface area contributed by atoms with E-state index in [1.807, 2.05) is 0 Å². The van der Waals surface area contributed by atoms with E-state index in [2.05, 4.69) is 0 Å².